The average molecular weight is 445 g/mol. The standard InChI is InChI=1S/C26H28N4O3/c1-16-4-7-24(28-13-16)20-10-21(12-22(11-20)26(33)30-9-8-23(31)15-30)25(32)29-18(3)19-6-5-17(2)27-14-19/h4-7,10-14,18,23,31H,8-9,15H2,1-3H3,(H,29,32)/t18-,23-/m1/s1. The van der Waals surface area contributed by atoms with Crippen molar-refractivity contribution in [2.45, 2.75) is 39.3 Å². The number of rotatable bonds is 5. The summed E-state index contributed by atoms with van der Waals surface area (Å²) >= 11 is 0. The van der Waals surface area contributed by atoms with Crippen molar-refractivity contribution in [3.63, 3.8) is 0 Å². The van der Waals surface area contributed by atoms with Crippen molar-refractivity contribution >= 4 is 11.8 Å². The van der Waals surface area contributed by atoms with Gasteiger partial charge in [0.15, 0.2) is 0 Å². The highest BCUT2D eigenvalue weighted by Crippen LogP contribution is 2.24. The Bertz CT molecular complexity index is 1160. The Morgan fingerprint density at radius 3 is 2.48 bits per heavy atom. The number of hydrogen-bond donors (Lipinski definition) is 2. The minimum absolute atomic E-state index is 0.203. The Kier molecular flexibility index (Phi) is 6.51. The van der Waals surface area contributed by atoms with Crippen LogP contribution in [0.4, 0.5) is 0 Å². The van der Waals surface area contributed by atoms with Crippen molar-refractivity contribution in [1.29, 1.82) is 0 Å². The number of amides is 2. The molecule has 2 aromatic heterocycles. The van der Waals surface area contributed by atoms with Crippen LogP contribution in [0.2, 0.25) is 0 Å². The zero-order chi connectivity index (χ0) is 23.5. The third kappa shape index (κ3) is 5.26. The number of pyridine rings is 2. The number of likely N-dealkylation sites (tertiary alicyclic amines) is 1. The van der Waals surface area contributed by atoms with Gasteiger partial charge in [-0.3, -0.25) is 19.6 Å². The molecule has 0 bridgehead atoms. The van der Waals surface area contributed by atoms with Crippen LogP contribution in [0.5, 0.6) is 0 Å². The molecule has 1 fully saturated rings. The number of carbonyl (C=O) groups excluding carboxylic acids is 2. The van der Waals surface area contributed by atoms with E-state index < -0.39 is 6.10 Å². The first kappa shape index (κ1) is 22.6. The molecule has 1 aliphatic heterocycles. The Morgan fingerprint density at radius 1 is 1.06 bits per heavy atom. The lowest BCUT2D eigenvalue weighted by atomic mass is 10.0. The average Bonchev–Trinajstić information content (AvgIpc) is 3.25. The molecule has 2 amide bonds. The first-order valence-electron chi connectivity index (χ1n) is 11.1. The van der Waals surface area contributed by atoms with Gasteiger partial charge in [-0.1, -0.05) is 12.1 Å². The SMILES string of the molecule is Cc1ccc(-c2cc(C(=O)N[C@H](C)c3ccc(C)nc3)cc(C(=O)N3CC[C@@H](O)C3)c2)nc1. The minimum Gasteiger partial charge on any atom is -0.391 e. The van der Waals surface area contributed by atoms with Gasteiger partial charge in [0.05, 0.1) is 17.8 Å². The van der Waals surface area contributed by atoms with Crippen molar-refractivity contribution < 1.29 is 14.7 Å². The lowest BCUT2D eigenvalue weighted by Crippen LogP contribution is -2.30. The van der Waals surface area contributed by atoms with E-state index in [2.05, 4.69) is 15.3 Å². The summed E-state index contributed by atoms with van der Waals surface area (Å²) in [5.74, 6) is -0.488. The Morgan fingerprint density at radius 2 is 1.85 bits per heavy atom. The van der Waals surface area contributed by atoms with Gasteiger partial charge < -0.3 is 15.3 Å². The second-order valence-electron chi connectivity index (χ2n) is 8.64. The van der Waals surface area contributed by atoms with Crippen LogP contribution in [-0.4, -0.2) is 51.0 Å². The van der Waals surface area contributed by atoms with E-state index in [0.717, 1.165) is 16.8 Å². The van der Waals surface area contributed by atoms with Gasteiger partial charge in [0.1, 0.15) is 0 Å². The van der Waals surface area contributed by atoms with Gasteiger partial charge in [-0.15, -0.1) is 0 Å². The molecule has 7 nitrogen and oxygen atoms in total. The number of aliphatic hydroxyl groups is 1. The van der Waals surface area contributed by atoms with Crippen LogP contribution in [0.3, 0.4) is 0 Å². The third-order valence-corrected chi connectivity index (χ3v) is 5.88. The maximum Gasteiger partial charge on any atom is 0.253 e. The predicted molar refractivity (Wildman–Crippen MR) is 126 cm³/mol. The molecule has 0 spiro atoms. The van der Waals surface area contributed by atoms with Gasteiger partial charge in [-0.25, -0.2) is 0 Å². The van der Waals surface area contributed by atoms with Crippen molar-refractivity contribution in [2.75, 3.05) is 13.1 Å². The zero-order valence-corrected chi connectivity index (χ0v) is 19.1. The van der Waals surface area contributed by atoms with Crippen LogP contribution in [-0.2, 0) is 0 Å². The zero-order valence-electron chi connectivity index (χ0n) is 19.1. The molecule has 0 saturated carbocycles. The van der Waals surface area contributed by atoms with E-state index in [9.17, 15) is 14.7 Å². The highest BCUT2D eigenvalue weighted by atomic mass is 16.3. The molecule has 170 valence electrons. The van der Waals surface area contributed by atoms with E-state index in [-0.39, 0.29) is 17.9 Å². The van der Waals surface area contributed by atoms with E-state index in [1.165, 1.54) is 0 Å². The molecule has 2 N–H and O–H groups in total. The highest BCUT2D eigenvalue weighted by Gasteiger charge is 2.26. The van der Waals surface area contributed by atoms with Crippen molar-refractivity contribution in [1.82, 2.24) is 20.2 Å². The monoisotopic (exact) mass is 444 g/mol. The molecule has 3 heterocycles. The number of benzene rings is 1. The molecule has 7 heteroatoms. The molecule has 33 heavy (non-hydrogen) atoms. The van der Waals surface area contributed by atoms with E-state index in [1.54, 1.807) is 35.5 Å². The van der Waals surface area contributed by atoms with Crippen molar-refractivity contribution in [3.05, 3.63) is 82.8 Å². The van der Waals surface area contributed by atoms with Gasteiger partial charge >= 0.3 is 0 Å². The largest absolute Gasteiger partial charge is 0.391 e. The Labute approximate surface area is 193 Å². The molecular formula is C26H28N4O3. The second-order valence-corrected chi connectivity index (χ2v) is 8.64. The van der Waals surface area contributed by atoms with E-state index >= 15 is 0 Å². The van der Waals surface area contributed by atoms with Crippen LogP contribution in [0, 0.1) is 13.8 Å². The first-order chi connectivity index (χ1) is 15.8. The van der Waals surface area contributed by atoms with Gasteiger partial charge in [-0.05, 0) is 68.7 Å². The molecule has 1 aliphatic rings. The number of β-amino-alcohol motifs (C(OH)–C–C–N with tert-alkyl or cyclic N) is 1. The molecule has 0 aliphatic carbocycles. The van der Waals surface area contributed by atoms with Crippen molar-refractivity contribution in [3.8, 4) is 11.3 Å². The fourth-order valence-corrected chi connectivity index (χ4v) is 3.88. The molecule has 1 aromatic carbocycles. The Hall–Kier alpha value is -3.58. The lowest BCUT2D eigenvalue weighted by Gasteiger charge is -2.18. The lowest BCUT2D eigenvalue weighted by molar-refractivity contribution is 0.0765. The summed E-state index contributed by atoms with van der Waals surface area (Å²) in [5, 5.41) is 12.8. The summed E-state index contributed by atoms with van der Waals surface area (Å²) in [6.07, 6.45) is 3.55. The number of nitrogens with zero attached hydrogens (tertiary/aromatic N) is 3. The molecule has 0 unspecified atom stereocenters. The second kappa shape index (κ2) is 9.50. The number of aryl methyl sites for hydroxylation is 2. The highest BCUT2D eigenvalue weighted by molar-refractivity contribution is 6.01. The third-order valence-electron chi connectivity index (χ3n) is 5.88. The quantitative estimate of drug-likeness (QED) is 0.628. The molecular weight excluding hydrogens is 416 g/mol. The number of nitrogens with one attached hydrogen (secondary N) is 1. The van der Waals surface area contributed by atoms with Gasteiger partial charge in [0.25, 0.3) is 11.8 Å². The van der Waals surface area contributed by atoms with E-state index in [4.69, 9.17) is 0 Å². The number of hydrogen-bond acceptors (Lipinski definition) is 5. The molecule has 0 radical (unpaired) electrons. The summed E-state index contributed by atoms with van der Waals surface area (Å²) in [6, 6.07) is 12.5. The summed E-state index contributed by atoms with van der Waals surface area (Å²) in [7, 11) is 0. The first-order valence-corrected chi connectivity index (χ1v) is 11.1. The van der Waals surface area contributed by atoms with Gasteiger partial charge in [-0.2, -0.15) is 0 Å². The molecule has 4 rings (SSSR count). The van der Waals surface area contributed by atoms with Crippen LogP contribution in [0.15, 0.2) is 54.9 Å². The molecule has 1 saturated heterocycles. The van der Waals surface area contributed by atoms with Crippen molar-refractivity contribution in [2.24, 2.45) is 0 Å². The molecule has 2 atom stereocenters. The van der Waals surface area contributed by atoms with E-state index in [1.807, 2.05) is 45.0 Å². The fourth-order valence-electron chi connectivity index (χ4n) is 3.88. The van der Waals surface area contributed by atoms with Crippen LogP contribution in [0.25, 0.3) is 11.3 Å². The van der Waals surface area contributed by atoms with Crippen LogP contribution in [0.1, 0.15) is 56.9 Å². The minimum atomic E-state index is -0.511. The summed E-state index contributed by atoms with van der Waals surface area (Å²) in [4.78, 5) is 36.7. The summed E-state index contributed by atoms with van der Waals surface area (Å²) in [6.45, 7) is 6.55. The number of aliphatic hydroxyl groups excluding tert-OH is 1. The smallest absolute Gasteiger partial charge is 0.253 e. The topological polar surface area (TPSA) is 95.4 Å². The van der Waals surface area contributed by atoms with Crippen LogP contribution >= 0.6 is 0 Å². The van der Waals surface area contributed by atoms with E-state index in [0.29, 0.717) is 41.9 Å². The maximum atomic E-state index is 13.2. The molecule has 3 aromatic rings. The van der Waals surface area contributed by atoms with Gasteiger partial charge in [0.2, 0.25) is 0 Å². The van der Waals surface area contributed by atoms with Crippen LogP contribution < -0.4 is 5.32 Å². The maximum absolute atomic E-state index is 13.2. The number of carbonyl (C=O) groups is 2. The normalized spacial score (nSPS) is 16.5. The predicted octanol–water partition coefficient (Wildman–Crippen LogP) is 3.46. The summed E-state index contributed by atoms with van der Waals surface area (Å²) in [5.41, 5.74) is 4.98. The van der Waals surface area contributed by atoms with Gasteiger partial charge in [0, 0.05) is 47.9 Å². The fraction of sp³-hybridized carbons (Fsp3) is 0.308. The summed E-state index contributed by atoms with van der Waals surface area (Å²) < 4.78 is 0. The Balaban J connectivity index is 1.66. The number of aromatic nitrogens is 2.